The Labute approximate surface area is 171 Å². The number of benzene rings is 1. The summed E-state index contributed by atoms with van der Waals surface area (Å²) in [7, 11) is 0. The Morgan fingerprint density at radius 1 is 1.20 bits per heavy atom. The average Bonchev–Trinajstić information content (AvgIpc) is 3.18. The van der Waals surface area contributed by atoms with Gasteiger partial charge in [0.15, 0.2) is 12.1 Å². The third-order valence-corrected chi connectivity index (χ3v) is 4.75. The number of nitrogens with zero attached hydrogens (tertiary/aromatic N) is 4. The van der Waals surface area contributed by atoms with Gasteiger partial charge in [0, 0.05) is 18.7 Å². The molecule has 1 aromatic carbocycles. The standard InChI is InChI=1S/C22H20F2N4O2/c1-15(23)30-22(2)11-8-18(17(24)14-22)27-13-10-20(29)21(26-27)19-9-12-25-28(19)16-6-4-3-5-7-16/h3-13,15H,14H2,1-2H3. The van der Waals surface area contributed by atoms with E-state index in [0.29, 0.717) is 5.69 Å². The number of halogens is 2. The first-order valence-corrected chi connectivity index (χ1v) is 9.46. The molecule has 1 aliphatic carbocycles. The van der Waals surface area contributed by atoms with Crippen molar-refractivity contribution in [1.82, 2.24) is 19.6 Å². The lowest BCUT2D eigenvalue weighted by molar-refractivity contribution is -0.107. The number of allylic oxidation sites excluding steroid dienone is 2. The predicted octanol–water partition coefficient (Wildman–Crippen LogP) is 4.28. The van der Waals surface area contributed by atoms with Crippen LogP contribution in [0.15, 0.2) is 77.6 Å². The van der Waals surface area contributed by atoms with E-state index in [4.69, 9.17) is 4.74 Å². The fourth-order valence-electron chi connectivity index (χ4n) is 3.43. The molecule has 0 radical (unpaired) electrons. The molecule has 0 amide bonds. The maximum absolute atomic E-state index is 14.9. The molecule has 6 nitrogen and oxygen atoms in total. The zero-order valence-corrected chi connectivity index (χ0v) is 16.5. The summed E-state index contributed by atoms with van der Waals surface area (Å²) >= 11 is 0. The Hall–Kier alpha value is -3.39. The molecule has 4 rings (SSSR count). The second-order valence-corrected chi connectivity index (χ2v) is 7.21. The Morgan fingerprint density at radius 2 is 1.97 bits per heavy atom. The van der Waals surface area contributed by atoms with Crippen molar-refractivity contribution in [3.63, 3.8) is 0 Å². The van der Waals surface area contributed by atoms with E-state index >= 15 is 0 Å². The minimum Gasteiger partial charge on any atom is -0.337 e. The van der Waals surface area contributed by atoms with Gasteiger partial charge in [0.25, 0.3) is 0 Å². The number of para-hydroxylation sites is 1. The van der Waals surface area contributed by atoms with Gasteiger partial charge >= 0.3 is 0 Å². The van der Waals surface area contributed by atoms with Gasteiger partial charge in [0.1, 0.15) is 5.83 Å². The van der Waals surface area contributed by atoms with Gasteiger partial charge in [-0.3, -0.25) is 4.79 Å². The summed E-state index contributed by atoms with van der Waals surface area (Å²) in [5.41, 5.74) is 0.148. The van der Waals surface area contributed by atoms with Crippen LogP contribution in [0.2, 0.25) is 0 Å². The summed E-state index contributed by atoms with van der Waals surface area (Å²) in [4.78, 5) is 12.5. The van der Waals surface area contributed by atoms with E-state index in [1.807, 2.05) is 30.3 Å². The van der Waals surface area contributed by atoms with Gasteiger partial charge in [0.2, 0.25) is 5.43 Å². The van der Waals surface area contributed by atoms with Crippen molar-refractivity contribution >= 4 is 5.70 Å². The molecular formula is C22H20F2N4O2. The van der Waals surface area contributed by atoms with Crippen LogP contribution in [0.4, 0.5) is 8.78 Å². The van der Waals surface area contributed by atoms with E-state index in [9.17, 15) is 13.6 Å². The van der Waals surface area contributed by atoms with Gasteiger partial charge in [-0.05, 0) is 38.1 Å². The van der Waals surface area contributed by atoms with Gasteiger partial charge in [0.05, 0.1) is 28.9 Å². The van der Waals surface area contributed by atoms with Crippen LogP contribution in [-0.4, -0.2) is 31.5 Å². The predicted molar refractivity (Wildman–Crippen MR) is 109 cm³/mol. The third kappa shape index (κ3) is 3.86. The van der Waals surface area contributed by atoms with Crippen molar-refractivity contribution in [2.45, 2.75) is 32.2 Å². The molecule has 0 bridgehead atoms. The molecule has 0 aliphatic heterocycles. The lowest BCUT2D eigenvalue weighted by atomic mass is 9.95. The van der Waals surface area contributed by atoms with Crippen LogP contribution in [0.1, 0.15) is 20.3 Å². The van der Waals surface area contributed by atoms with E-state index < -0.39 is 17.8 Å². The highest BCUT2D eigenvalue weighted by Gasteiger charge is 2.31. The minimum absolute atomic E-state index is 0.134. The second-order valence-electron chi connectivity index (χ2n) is 7.21. The van der Waals surface area contributed by atoms with Crippen LogP contribution in [0.5, 0.6) is 0 Å². The molecule has 3 aromatic rings. The van der Waals surface area contributed by atoms with E-state index in [0.717, 1.165) is 5.69 Å². The monoisotopic (exact) mass is 410 g/mol. The Kier molecular flexibility index (Phi) is 5.17. The van der Waals surface area contributed by atoms with Crippen molar-refractivity contribution in [3.8, 4) is 17.1 Å². The number of hydrogen-bond donors (Lipinski definition) is 0. The molecule has 2 heterocycles. The van der Waals surface area contributed by atoms with Crippen molar-refractivity contribution in [2.75, 3.05) is 0 Å². The summed E-state index contributed by atoms with van der Waals surface area (Å²) < 4.78 is 36.2. The molecule has 1 aliphatic rings. The summed E-state index contributed by atoms with van der Waals surface area (Å²) in [6, 6.07) is 12.3. The first-order chi connectivity index (χ1) is 14.4. The topological polar surface area (TPSA) is 61.9 Å². The van der Waals surface area contributed by atoms with Crippen molar-refractivity contribution in [1.29, 1.82) is 0 Å². The first-order valence-electron chi connectivity index (χ1n) is 9.46. The lowest BCUT2D eigenvalue weighted by Crippen LogP contribution is -2.31. The number of rotatable bonds is 5. The zero-order valence-electron chi connectivity index (χ0n) is 16.5. The van der Waals surface area contributed by atoms with E-state index in [2.05, 4.69) is 10.2 Å². The highest BCUT2D eigenvalue weighted by molar-refractivity contribution is 5.63. The molecule has 2 unspecified atom stereocenters. The number of hydrogen-bond acceptors (Lipinski definition) is 4. The first kappa shape index (κ1) is 19.9. The zero-order chi connectivity index (χ0) is 21.3. The molecule has 0 saturated heterocycles. The smallest absolute Gasteiger partial charge is 0.209 e. The van der Waals surface area contributed by atoms with Gasteiger partial charge < -0.3 is 4.74 Å². The summed E-state index contributed by atoms with van der Waals surface area (Å²) in [6.45, 7) is 2.86. The number of alkyl halides is 1. The summed E-state index contributed by atoms with van der Waals surface area (Å²) in [5, 5.41) is 8.65. The van der Waals surface area contributed by atoms with Crippen molar-refractivity contribution < 1.29 is 13.5 Å². The van der Waals surface area contributed by atoms with Crippen molar-refractivity contribution in [2.24, 2.45) is 0 Å². The van der Waals surface area contributed by atoms with E-state index in [1.165, 1.54) is 29.9 Å². The molecule has 2 atom stereocenters. The molecule has 0 saturated carbocycles. The molecule has 0 N–H and O–H groups in total. The fraction of sp³-hybridized carbons (Fsp3) is 0.227. The molecule has 8 heteroatoms. The fourth-order valence-corrected chi connectivity index (χ4v) is 3.43. The van der Waals surface area contributed by atoms with E-state index in [1.54, 1.807) is 29.9 Å². The maximum atomic E-state index is 14.9. The highest BCUT2D eigenvalue weighted by atomic mass is 19.1. The Balaban J connectivity index is 1.73. The van der Waals surface area contributed by atoms with Gasteiger partial charge in [-0.1, -0.05) is 24.3 Å². The number of aromatic nitrogens is 4. The van der Waals surface area contributed by atoms with Gasteiger partial charge in [-0.15, -0.1) is 0 Å². The van der Waals surface area contributed by atoms with Crippen LogP contribution in [0.3, 0.4) is 0 Å². The van der Waals surface area contributed by atoms with Crippen LogP contribution < -0.4 is 5.43 Å². The average molecular weight is 410 g/mol. The quantitative estimate of drug-likeness (QED) is 0.630. The minimum atomic E-state index is -1.52. The lowest BCUT2D eigenvalue weighted by Gasteiger charge is -2.30. The molecule has 30 heavy (non-hydrogen) atoms. The Morgan fingerprint density at radius 3 is 2.67 bits per heavy atom. The Bertz CT molecular complexity index is 1180. The molecule has 0 fully saturated rings. The van der Waals surface area contributed by atoms with Crippen LogP contribution in [0, 0.1) is 0 Å². The SMILES string of the molecule is CC(F)OC1(C)C=CC(n2ccc(=O)c(-c3ccnn3-c3ccccc3)n2)=C(F)C1. The molecule has 2 aromatic heterocycles. The molecule has 0 spiro atoms. The van der Waals surface area contributed by atoms with Gasteiger partial charge in [-0.2, -0.15) is 10.2 Å². The van der Waals surface area contributed by atoms with Crippen LogP contribution in [0.25, 0.3) is 22.8 Å². The molecular weight excluding hydrogens is 390 g/mol. The second kappa shape index (κ2) is 7.79. The molecule has 154 valence electrons. The summed E-state index contributed by atoms with van der Waals surface area (Å²) in [6.07, 6.45) is 4.38. The maximum Gasteiger partial charge on any atom is 0.209 e. The van der Waals surface area contributed by atoms with Crippen LogP contribution in [-0.2, 0) is 4.74 Å². The largest absolute Gasteiger partial charge is 0.337 e. The normalized spacial score (nSPS) is 19.9. The third-order valence-electron chi connectivity index (χ3n) is 4.75. The highest BCUT2D eigenvalue weighted by Crippen LogP contribution is 2.33. The van der Waals surface area contributed by atoms with E-state index in [-0.39, 0.29) is 23.2 Å². The number of ether oxygens (including phenoxy) is 1. The summed E-state index contributed by atoms with van der Waals surface area (Å²) in [5.74, 6) is -0.515. The van der Waals surface area contributed by atoms with Gasteiger partial charge in [-0.25, -0.2) is 18.1 Å². The van der Waals surface area contributed by atoms with Crippen LogP contribution >= 0.6 is 0 Å². The van der Waals surface area contributed by atoms with Crippen molar-refractivity contribution in [3.05, 3.63) is 83.1 Å².